The van der Waals surface area contributed by atoms with Crippen LogP contribution in [0.1, 0.15) is 38.1 Å². The Morgan fingerprint density at radius 3 is 2.52 bits per heavy atom. The van der Waals surface area contributed by atoms with Crippen LogP contribution >= 0.6 is 12.2 Å². The Balaban J connectivity index is 2.79. The maximum atomic E-state index is 12.0. The van der Waals surface area contributed by atoms with Crippen molar-refractivity contribution >= 4 is 28.9 Å². The van der Waals surface area contributed by atoms with Gasteiger partial charge in [-0.15, -0.1) is 0 Å². The fourth-order valence-corrected chi connectivity index (χ4v) is 1.99. The predicted octanol–water partition coefficient (Wildman–Crippen LogP) is 1.90. The number of nitro groups is 1. The number of benzene rings is 1. The molecular weight excluding hydrogens is 320 g/mol. The number of hydrazine groups is 1. The minimum absolute atomic E-state index is 0.117. The molecule has 1 rings (SSSR count). The van der Waals surface area contributed by atoms with Crippen molar-refractivity contribution in [1.82, 2.24) is 16.2 Å². The Morgan fingerprint density at radius 2 is 2.00 bits per heavy atom. The van der Waals surface area contributed by atoms with Gasteiger partial charge in [-0.25, -0.2) is 0 Å². The lowest BCUT2D eigenvalue weighted by Crippen LogP contribution is -2.52. The second kappa shape index (κ2) is 7.73. The number of hydrogen-bond acceptors (Lipinski definition) is 5. The molecular formula is C14H20N4O4S. The summed E-state index contributed by atoms with van der Waals surface area (Å²) in [4.78, 5) is 22.5. The molecule has 0 radical (unpaired) electrons. The van der Waals surface area contributed by atoms with Crippen LogP contribution in [0.5, 0.6) is 5.75 Å². The van der Waals surface area contributed by atoms with Crippen molar-refractivity contribution < 1.29 is 14.5 Å². The average Bonchev–Trinajstić information content (AvgIpc) is 2.43. The first-order valence-electron chi connectivity index (χ1n) is 6.93. The second-order valence-electron chi connectivity index (χ2n) is 5.66. The number of nitrogens with zero attached hydrogens (tertiary/aromatic N) is 1. The first kappa shape index (κ1) is 18.6. The number of nitrogens with one attached hydrogen (secondary N) is 3. The zero-order chi connectivity index (χ0) is 17.6. The molecule has 0 aliphatic rings. The third-order valence-electron chi connectivity index (χ3n) is 2.50. The number of amides is 1. The highest BCUT2D eigenvalue weighted by molar-refractivity contribution is 7.80. The highest BCUT2D eigenvalue weighted by Crippen LogP contribution is 2.27. The summed E-state index contributed by atoms with van der Waals surface area (Å²) in [6.45, 7) is 7.76. The summed E-state index contributed by atoms with van der Waals surface area (Å²) in [6, 6.07) is 3.99. The monoisotopic (exact) mass is 340 g/mol. The van der Waals surface area contributed by atoms with Gasteiger partial charge in [-0.05, 0) is 52.0 Å². The van der Waals surface area contributed by atoms with E-state index in [-0.39, 0.29) is 27.7 Å². The number of carbonyl (C=O) groups is 1. The molecule has 0 saturated carbocycles. The van der Waals surface area contributed by atoms with Gasteiger partial charge in [-0.1, -0.05) is 0 Å². The largest absolute Gasteiger partial charge is 0.487 e. The first-order valence-corrected chi connectivity index (χ1v) is 7.34. The van der Waals surface area contributed by atoms with Crippen LogP contribution in [0.25, 0.3) is 0 Å². The summed E-state index contributed by atoms with van der Waals surface area (Å²) in [5, 5.41) is 14.2. The minimum atomic E-state index is -0.596. The molecule has 0 fully saturated rings. The highest BCUT2D eigenvalue weighted by atomic mass is 32.1. The number of thiocarbonyl (C=S) groups is 1. The van der Waals surface area contributed by atoms with E-state index in [2.05, 4.69) is 16.2 Å². The second-order valence-corrected chi connectivity index (χ2v) is 6.06. The van der Waals surface area contributed by atoms with Crippen LogP contribution in [0.4, 0.5) is 5.69 Å². The Bertz CT molecular complexity index is 613. The topological polar surface area (TPSA) is 106 Å². The van der Waals surface area contributed by atoms with Crippen LogP contribution in [-0.2, 0) is 0 Å². The van der Waals surface area contributed by atoms with E-state index in [1.54, 1.807) is 6.92 Å². The number of nitro benzene ring substituents is 1. The molecule has 1 aromatic carbocycles. The molecule has 8 nitrogen and oxygen atoms in total. The van der Waals surface area contributed by atoms with Gasteiger partial charge in [-0.3, -0.25) is 25.8 Å². The molecule has 0 unspecified atom stereocenters. The zero-order valence-electron chi connectivity index (χ0n) is 13.4. The molecule has 9 heteroatoms. The summed E-state index contributed by atoms with van der Waals surface area (Å²) in [5.74, 6) is -0.430. The summed E-state index contributed by atoms with van der Waals surface area (Å²) in [7, 11) is 0. The third kappa shape index (κ3) is 6.07. The van der Waals surface area contributed by atoms with Gasteiger partial charge in [0.25, 0.3) is 5.91 Å². The van der Waals surface area contributed by atoms with Gasteiger partial charge in [0.15, 0.2) is 10.9 Å². The van der Waals surface area contributed by atoms with E-state index in [1.807, 2.05) is 20.8 Å². The number of carbonyl (C=O) groups excluding carboxylic acids is 1. The van der Waals surface area contributed by atoms with Crippen molar-refractivity contribution in [1.29, 1.82) is 0 Å². The SMILES string of the molecule is CCOc1ccc(C(=O)NNC(=S)NC(C)(C)C)cc1[N+](=O)[O-]. The van der Waals surface area contributed by atoms with Crippen molar-refractivity contribution in [3.05, 3.63) is 33.9 Å². The molecule has 0 aromatic heterocycles. The van der Waals surface area contributed by atoms with Crippen LogP contribution in [-0.4, -0.2) is 28.1 Å². The molecule has 0 bridgehead atoms. The van der Waals surface area contributed by atoms with Gasteiger partial charge in [0.2, 0.25) is 0 Å². The lowest BCUT2D eigenvalue weighted by atomic mass is 10.1. The highest BCUT2D eigenvalue weighted by Gasteiger charge is 2.19. The summed E-state index contributed by atoms with van der Waals surface area (Å²) >= 11 is 5.03. The van der Waals surface area contributed by atoms with Crippen LogP contribution < -0.4 is 20.9 Å². The van der Waals surface area contributed by atoms with Crippen molar-refractivity contribution in [3.63, 3.8) is 0 Å². The van der Waals surface area contributed by atoms with Gasteiger partial charge in [-0.2, -0.15) is 0 Å². The smallest absolute Gasteiger partial charge is 0.311 e. The summed E-state index contributed by atoms with van der Waals surface area (Å²) in [6.07, 6.45) is 0. The van der Waals surface area contributed by atoms with Crippen molar-refractivity contribution in [2.75, 3.05) is 6.61 Å². The van der Waals surface area contributed by atoms with Crippen LogP contribution in [0.2, 0.25) is 0 Å². The van der Waals surface area contributed by atoms with E-state index in [4.69, 9.17) is 17.0 Å². The lowest BCUT2D eigenvalue weighted by molar-refractivity contribution is -0.385. The lowest BCUT2D eigenvalue weighted by Gasteiger charge is -2.23. The predicted molar refractivity (Wildman–Crippen MR) is 90.4 cm³/mol. The van der Waals surface area contributed by atoms with Crippen molar-refractivity contribution in [2.24, 2.45) is 0 Å². The molecule has 0 saturated heterocycles. The van der Waals surface area contributed by atoms with Crippen molar-refractivity contribution in [2.45, 2.75) is 33.2 Å². The average molecular weight is 340 g/mol. The number of hydrogen-bond donors (Lipinski definition) is 3. The molecule has 0 aliphatic carbocycles. The van der Waals surface area contributed by atoms with Gasteiger partial charge in [0.1, 0.15) is 0 Å². The van der Waals surface area contributed by atoms with Gasteiger partial charge in [0.05, 0.1) is 11.5 Å². The summed E-state index contributed by atoms with van der Waals surface area (Å²) in [5.41, 5.74) is 4.52. The van der Waals surface area contributed by atoms with Crippen LogP contribution in [0, 0.1) is 10.1 Å². The van der Waals surface area contributed by atoms with Crippen molar-refractivity contribution in [3.8, 4) is 5.75 Å². The Kier molecular flexibility index (Phi) is 6.26. The molecule has 0 spiro atoms. The number of ether oxygens (including phenoxy) is 1. The quantitative estimate of drug-likeness (QED) is 0.437. The molecule has 0 atom stereocenters. The Morgan fingerprint density at radius 1 is 1.35 bits per heavy atom. The maximum Gasteiger partial charge on any atom is 0.311 e. The standard InChI is InChI=1S/C14H20N4O4S/c1-5-22-11-7-6-9(8-10(11)18(20)21)12(19)16-17-13(23)15-14(2,3)4/h6-8H,5H2,1-4H3,(H,16,19)(H2,15,17,23). The zero-order valence-corrected chi connectivity index (χ0v) is 14.2. The van der Waals surface area contributed by atoms with Gasteiger partial charge < -0.3 is 10.1 Å². The maximum absolute atomic E-state index is 12.0. The fraction of sp³-hybridized carbons (Fsp3) is 0.429. The van der Waals surface area contributed by atoms with Crippen LogP contribution in [0.15, 0.2) is 18.2 Å². The van der Waals surface area contributed by atoms with E-state index in [0.717, 1.165) is 6.07 Å². The molecule has 1 amide bonds. The molecule has 3 N–H and O–H groups in total. The molecule has 126 valence electrons. The molecule has 0 aliphatic heterocycles. The van der Waals surface area contributed by atoms with E-state index in [1.165, 1.54) is 12.1 Å². The van der Waals surface area contributed by atoms with Gasteiger partial charge >= 0.3 is 5.69 Å². The van der Waals surface area contributed by atoms with Crippen LogP contribution in [0.3, 0.4) is 0 Å². The Hall–Kier alpha value is -2.42. The van der Waals surface area contributed by atoms with E-state index in [9.17, 15) is 14.9 Å². The first-order chi connectivity index (χ1) is 10.6. The summed E-state index contributed by atoms with van der Waals surface area (Å²) < 4.78 is 5.17. The molecule has 23 heavy (non-hydrogen) atoms. The third-order valence-corrected chi connectivity index (χ3v) is 2.70. The fourth-order valence-electron chi connectivity index (χ4n) is 1.64. The minimum Gasteiger partial charge on any atom is -0.487 e. The van der Waals surface area contributed by atoms with Gasteiger partial charge in [0, 0.05) is 17.2 Å². The molecule has 0 heterocycles. The molecule has 1 aromatic rings. The number of rotatable bonds is 4. The van der Waals surface area contributed by atoms with E-state index < -0.39 is 10.8 Å². The van der Waals surface area contributed by atoms with E-state index >= 15 is 0 Å². The normalized spacial score (nSPS) is 10.6. The Labute approximate surface area is 139 Å². The van der Waals surface area contributed by atoms with E-state index in [0.29, 0.717) is 6.61 Å².